The van der Waals surface area contributed by atoms with Crippen LogP contribution in [0.4, 0.5) is 0 Å². The first-order chi connectivity index (χ1) is 11.3. The van der Waals surface area contributed by atoms with Crippen molar-refractivity contribution in [3.63, 3.8) is 0 Å². The van der Waals surface area contributed by atoms with Gasteiger partial charge in [-0.05, 0) is 63.4 Å². The third kappa shape index (κ3) is 4.43. The molecule has 1 atom stereocenters. The van der Waals surface area contributed by atoms with E-state index in [1.165, 1.54) is 42.6 Å². The largest absolute Gasteiger partial charge is 0.396 e. The van der Waals surface area contributed by atoms with Crippen molar-refractivity contribution < 1.29 is 5.11 Å². The van der Waals surface area contributed by atoms with Crippen molar-refractivity contribution in [1.29, 1.82) is 0 Å². The summed E-state index contributed by atoms with van der Waals surface area (Å²) in [5.74, 6) is 0. The van der Waals surface area contributed by atoms with E-state index in [4.69, 9.17) is 5.11 Å². The molecule has 1 unspecified atom stereocenters. The molecule has 1 fully saturated rings. The van der Waals surface area contributed by atoms with Crippen LogP contribution in [0.15, 0.2) is 35.9 Å². The number of nitrogens with zero attached hydrogens (tertiary/aromatic N) is 2. The fourth-order valence-electron chi connectivity index (χ4n) is 3.78. The molecule has 3 nitrogen and oxygen atoms in total. The number of likely N-dealkylation sites (N-methyl/N-ethyl adjacent to an activating group) is 1. The van der Waals surface area contributed by atoms with E-state index in [0.717, 1.165) is 32.4 Å². The van der Waals surface area contributed by atoms with E-state index in [1.807, 2.05) is 0 Å². The Morgan fingerprint density at radius 2 is 1.83 bits per heavy atom. The molecular weight excluding hydrogens is 284 g/mol. The summed E-state index contributed by atoms with van der Waals surface area (Å²) in [5.41, 5.74) is 4.32. The van der Waals surface area contributed by atoms with Gasteiger partial charge in [0, 0.05) is 19.7 Å². The van der Waals surface area contributed by atoms with Crippen molar-refractivity contribution in [3.05, 3.63) is 47.0 Å². The maximum atomic E-state index is 9.04. The molecule has 0 aromatic heterocycles. The zero-order valence-electron chi connectivity index (χ0n) is 14.4. The highest BCUT2D eigenvalue weighted by Crippen LogP contribution is 2.30. The first-order valence-electron chi connectivity index (χ1n) is 9.08. The lowest BCUT2D eigenvalue weighted by molar-refractivity contribution is 0.264. The lowest BCUT2D eigenvalue weighted by Crippen LogP contribution is -2.28. The normalized spacial score (nSPS) is 23.2. The van der Waals surface area contributed by atoms with Crippen LogP contribution in [0.2, 0.25) is 0 Å². The van der Waals surface area contributed by atoms with E-state index in [-0.39, 0.29) is 0 Å². The molecule has 23 heavy (non-hydrogen) atoms. The van der Waals surface area contributed by atoms with Crippen molar-refractivity contribution in [1.82, 2.24) is 9.80 Å². The molecule has 1 aromatic rings. The highest BCUT2D eigenvalue weighted by atomic mass is 16.2. The second kappa shape index (κ2) is 8.09. The van der Waals surface area contributed by atoms with Gasteiger partial charge in [-0.15, -0.1) is 0 Å². The zero-order valence-corrected chi connectivity index (χ0v) is 14.4. The zero-order chi connectivity index (χ0) is 16.1. The molecule has 2 heterocycles. The molecule has 0 bridgehead atoms. The second-order valence-electron chi connectivity index (χ2n) is 7.05. The molecule has 1 N–H and O–H groups in total. The van der Waals surface area contributed by atoms with E-state index in [1.54, 1.807) is 0 Å². The summed E-state index contributed by atoms with van der Waals surface area (Å²) in [4.78, 5) is 4.98. The van der Waals surface area contributed by atoms with Crippen LogP contribution in [-0.4, -0.2) is 48.2 Å². The number of aliphatic hydroxyl groups excluding tert-OH is 1. The fourth-order valence-corrected chi connectivity index (χ4v) is 3.78. The van der Waals surface area contributed by atoms with Gasteiger partial charge in [-0.25, -0.2) is 0 Å². The van der Waals surface area contributed by atoms with Crippen LogP contribution in [0.1, 0.15) is 49.3 Å². The van der Waals surface area contributed by atoms with Crippen LogP contribution in [0, 0.1) is 0 Å². The summed E-state index contributed by atoms with van der Waals surface area (Å²) in [7, 11) is 2.21. The third-order valence-corrected chi connectivity index (χ3v) is 5.24. The predicted molar refractivity (Wildman–Crippen MR) is 95.3 cm³/mol. The Morgan fingerprint density at radius 1 is 1.09 bits per heavy atom. The Labute approximate surface area is 140 Å². The maximum Gasteiger partial charge on any atom is 0.0531 e. The Balaban J connectivity index is 1.66. The van der Waals surface area contributed by atoms with Crippen LogP contribution < -0.4 is 0 Å². The van der Waals surface area contributed by atoms with Crippen LogP contribution in [0.25, 0.3) is 0 Å². The number of hydrogen-bond donors (Lipinski definition) is 1. The summed E-state index contributed by atoms with van der Waals surface area (Å²) in [6.45, 7) is 5.01. The Bertz CT molecular complexity index is 517. The van der Waals surface area contributed by atoms with Crippen LogP contribution in [-0.2, 0) is 6.54 Å². The Kier molecular flexibility index (Phi) is 5.87. The molecule has 0 amide bonds. The molecule has 0 saturated carbocycles. The van der Waals surface area contributed by atoms with Crippen molar-refractivity contribution >= 4 is 0 Å². The second-order valence-corrected chi connectivity index (χ2v) is 7.05. The van der Waals surface area contributed by atoms with Gasteiger partial charge in [0.2, 0.25) is 0 Å². The molecule has 3 heteroatoms. The predicted octanol–water partition coefficient (Wildman–Crippen LogP) is 3.36. The Hall–Kier alpha value is -1.16. The van der Waals surface area contributed by atoms with Gasteiger partial charge in [-0.1, -0.05) is 35.9 Å². The lowest BCUT2D eigenvalue weighted by atomic mass is 9.94. The standard InChI is InChI=1S/C20H30N2O/c1-21-13-10-17(5-4-14-23)15-20(21)19-8-6-18(7-9-19)16-22-11-2-3-12-22/h6-9,15,20,23H,2-5,10-14,16H2,1H3. The molecule has 0 radical (unpaired) electrons. The van der Waals surface area contributed by atoms with E-state index >= 15 is 0 Å². The number of hydrogen-bond acceptors (Lipinski definition) is 3. The number of benzene rings is 1. The van der Waals surface area contributed by atoms with Gasteiger partial charge in [0.25, 0.3) is 0 Å². The Morgan fingerprint density at radius 3 is 2.52 bits per heavy atom. The van der Waals surface area contributed by atoms with Gasteiger partial charge >= 0.3 is 0 Å². The summed E-state index contributed by atoms with van der Waals surface area (Å²) in [6.07, 6.45) is 8.18. The average Bonchev–Trinajstić information content (AvgIpc) is 3.08. The molecule has 0 spiro atoms. The summed E-state index contributed by atoms with van der Waals surface area (Å²) < 4.78 is 0. The van der Waals surface area contributed by atoms with E-state index in [0.29, 0.717) is 12.6 Å². The minimum Gasteiger partial charge on any atom is -0.396 e. The summed E-state index contributed by atoms with van der Waals surface area (Å²) in [5, 5.41) is 9.04. The van der Waals surface area contributed by atoms with E-state index < -0.39 is 0 Å². The fraction of sp³-hybridized carbons (Fsp3) is 0.600. The van der Waals surface area contributed by atoms with Gasteiger partial charge in [-0.3, -0.25) is 9.80 Å². The smallest absolute Gasteiger partial charge is 0.0531 e. The topological polar surface area (TPSA) is 26.7 Å². The molecule has 1 aromatic carbocycles. The molecular formula is C20H30N2O. The van der Waals surface area contributed by atoms with Crippen LogP contribution in [0.5, 0.6) is 0 Å². The highest BCUT2D eigenvalue weighted by Gasteiger charge is 2.20. The van der Waals surface area contributed by atoms with Crippen LogP contribution >= 0.6 is 0 Å². The monoisotopic (exact) mass is 314 g/mol. The summed E-state index contributed by atoms with van der Waals surface area (Å²) in [6, 6.07) is 9.60. The maximum absolute atomic E-state index is 9.04. The van der Waals surface area contributed by atoms with E-state index in [9.17, 15) is 0 Å². The van der Waals surface area contributed by atoms with Gasteiger partial charge < -0.3 is 5.11 Å². The van der Waals surface area contributed by atoms with Crippen molar-refractivity contribution in [3.8, 4) is 0 Å². The van der Waals surface area contributed by atoms with E-state index in [2.05, 4.69) is 47.2 Å². The lowest BCUT2D eigenvalue weighted by Gasteiger charge is -2.32. The molecule has 3 rings (SSSR count). The minimum atomic E-state index is 0.295. The van der Waals surface area contributed by atoms with Gasteiger partial charge in [-0.2, -0.15) is 0 Å². The minimum absolute atomic E-state index is 0.295. The molecule has 2 aliphatic heterocycles. The first kappa shape index (κ1) is 16.7. The molecule has 1 saturated heterocycles. The SMILES string of the molecule is CN1CCC(CCCO)=CC1c1ccc(CN2CCCC2)cc1. The van der Waals surface area contributed by atoms with Gasteiger partial charge in [0.15, 0.2) is 0 Å². The first-order valence-corrected chi connectivity index (χ1v) is 9.08. The summed E-state index contributed by atoms with van der Waals surface area (Å²) >= 11 is 0. The highest BCUT2D eigenvalue weighted by molar-refractivity contribution is 5.30. The number of aliphatic hydroxyl groups is 1. The third-order valence-electron chi connectivity index (χ3n) is 5.24. The number of rotatable bonds is 6. The van der Waals surface area contributed by atoms with Gasteiger partial charge in [0.05, 0.1) is 6.04 Å². The number of likely N-dealkylation sites (tertiary alicyclic amines) is 1. The molecule has 0 aliphatic carbocycles. The molecule has 126 valence electrons. The molecule has 2 aliphatic rings. The average molecular weight is 314 g/mol. The van der Waals surface area contributed by atoms with Gasteiger partial charge in [0.1, 0.15) is 0 Å². The van der Waals surface area contributed by atoms with Crippen LogP contribution in [0.3, 0.4) is 0 Å². The van der Waals surface area contributed by atoms with Crippen molar-refractivity contribution in [2.75, 3.05) is 33.3 Å². The van der Waals surface area contributed by atoms with Crippen molar-refractivity contribution in [2.24, 2.45) is 0 Å². The van der Waals surface area contributed by atoms with Crippen molar-refractivity contribution in [2.45, 2.75) is 44.7 Å². The quantitative estimate of drug-likeness (QED) is 0.816.